The van der Waals surface area contributed by atoms with Crippen molar-refractivity contribution >= 4 is 37.0 Å². The van der Waals surface area contributed by atoms with Gasteiger partial charge in [-0.25, -0.2) is 8.42 Å². The zero-order valence-electron chi connectivity index (χ0n) is 12.1. The Hall–Kier alpha value is -0.590. The number of rotatable bonds is 6. The Labute approximate surface area is 129 Å². The summed E-state index contributed by atoms with van der Waals surface area (Å²) in [5, 5.41) is 4.42. The molecule has 0 aliphatic heterocycles. The van der Waals surface area contributed by atoms with Crippen molar-refractivity contribution in [3.8, 4) is 0 Å². The Bertz CT molecular complexity index is 578. The summed E-state index contributed by atoms with van der Waals surface area (Å²) in [7, 11) is 1.54. The average Bonchev–Trinajstić information content (AvgIpc) is 2.68. The molecule has 1 atom stereocenters. The van der Waals surface area contributed by atoms with Gasteiger partial charge in [0.05, 0.1) is 5.56 Å². The van der Waals surface area contributed by atoms with Crippen LogP contribution in [0.4, 0.5) is 0 Å². The van der Waals surface area contributed by atoms with Gasteiger partial charge < -0.3 is 5.32 Å². The van der Waals surface area contributed by atoms with E-state index in [2.05, 4.69) is 19.2 Å². The Balaban J connectivity index is 2.77. The summed E-state index contributed by atoms with van der Waals surface area (Å²) in [6, 6.07) is 0.0558. The van der Waals surface area contributed by atoms with E-state index >= 15 is 0 Å². The molecule has 20 heavy (non-hydrogen) atoms. The van der Waals surface area contributed by atoms with Gasteiger partial charge in [-0.1, -0.05) is 13.8 Å². The van der Waals surface area contributed by atoms with Gasteiger partial charge in [0, 0.05) is 22.1 Å². The number of hydrogen-bond acceptors (Lipinski definition) is 4. The third kappa shape index (κ3) is 4.75. The standard InChI is InChI=1S/C13H20ClNO3S2/c1-8(2)5-6-9(3)15-12(16)11-7-19-13(10(11)4)20(14,17)18/h7-9H,5-6H2,1-4H3,(H,15,16). The zero-order chi connectivity index (χ0) is 15.5. The van der Waals surface area contributed by atoms with Gasteiger partial charge in [-0.15, -0.1) is 11.3 Å². The minimum Gasteiger partial charge on any atom is -0.350 e. The molecule has 0 fully saturated rings. The highest BCUT2D eigenvalue weighted by Crippen LogP contribution is 2.29. The fourth-order valence-corrected chi connectivity index (χ4v) is 4.37. The molecule has 0 aromatic carbocycles. The predicted octanol–water partition coefficient (Wildman–Crippen LogP) is 3.54. The number of carbonyl (C=O) groups excluding carboxylic acids is 1. The van der Waals surface area contributed by atoms with Crippen LogP contribution in [0.3, 0.4) is 0 Å². The highest BCUT2D eigenvalue weighted by Gasteiger charge is 2.22. The molecule has 1 rings (SSSR count). The largest absolute Gasteiger partial charge is 0.350 e. The summed E-state index contributed by atoms with van der Waals surface area (Å²) in [4.78, 5) is 12.1. The molecule has 0 aliphatic rings. The second-order valence-corrected chi connectivity index (χ2v) is 8.99. The number of carbonyl (C=O) groups is 1. The lowest BCUT2D eigenvalue weighted by Crippen LogP contribution is -2.32. The maximum absolute atomic E-state index is 12.1. The highest BCUT2D eigenvalue weighted by molar-refractivity contribution is 8.15. The van der Waals surface area contributed by atoms with Gasteiger partial charge in [-0.3, -0.25) is 4.79 Å². The molecule has 1 amide bonds. The predicted molar refractivity (Wildman–Crippen MR) is 83.1 cm³/mol. The van der Waals surface area contributed by atoms with Crippen molar-refractivity contribution in [3.63, 3.8) is 0 Å². The number of amides is 1. The summed E-state index contributed by atoms with van der Waals surface area (Å²) in [5.74, 6) is 0.340. The molecule has 114 valence electrons. The van der Waals surface area contributed by atoms with E-state index in [9.17, 15) is 13.2 Å². The summed E-state index contributed by atoms with van der Waals surface area (Å²) < 4.78 is 22.7. The van der Waals surface area contributed by atoms with E-state index in [4.69, 9.17) is 10.7 Å². The molecule has 7 heteroatoms. The number of nitrogens with one attached hydrogen (secondary N) is 1. The molecule has 0 bridgehead atoms. The Morgan fingerprint density at radius 1 is 1.35 bits per heavy atom. The van der Waals surface area contributed by atoms with E-state index in [-0.39, 0.29) is 16.2 Å². The van der Waals surface area contributed by atoms with Crippen molar-refractivity contribution in [1.29, 1.82) is 0 Å². The minimum absolute atomic E-state index is 0.0409. The molecule has 1 aromatic heterocycles. The molecule has 1 heterocycles. The molecule has 0 aliphatic carbocycles. The van der Waals surface area contributed by atoms with Crippen LogP contribution in [0, 0.1) is 12.8 Å². The van der Waals surface area contributed by atoms with E-state index in [0.29, 0.717) is 17.0 Å². The van der Waals surface area contributed by atoms with Crippen LogP contribution in [-0.2, 0) is 9.05 Å². The second kappa shape index (κ2) is 6.91. The first-order valence-electron chi connectivity index (χ1n) is 6.46. The van der Waals surface area contributed by atoms with Gasteiger partial charge in [-0.05, 0) is 38.2 Å². The molecule has 4 nitrogen and oxygen atoms in total. The Morgan fingerprint density at radius 2 is 1.95 bits per heavy atom. The van der Waals surface area contributed by atoms with Gasteiger partial charge in [0.1, 0.15) is 4.21 Å². The summed E-state index contributed by atoms with van der Waals surface area (Å²) in [5.41, 5.74) is 0.796. The topological polar surface area (TPSA) is 63.2 Å². The molecule has 1 aromatic rings. The molecule has 1 N–H and O–H groups in total. The maximum Gasteiger partial charge on any atom is 0.271 e. The van der Waals surface area contributed by atoms with E-state index < -0.39 is 9.05 Å². The van der Waals surface area contributed by atoms with Gasteiger partial charge >= 0.3 is 0 Å². The second-order valence-electron chi connectivity index (χ2n) is 5.35. The van der Waals surface area contributed by atoms with Gasteiger partial charge in [0.2, 0.25) is 0 Å². The fraction of sp³-hybridized carbons (Fsp3) is 0.615. The van der Waals surface area contributed by atoms with E-state index in [1.807, 2.05) is 6.92 Å². The Morgan fingerprint density at radius 3 is 2.40 bits per heavy atom. The first-order valence-corrected chi connectivity index (χ1v) is 9.65. The van der Waals surface area contributed by atoms with Crippen LogP contribution >= 0.6 is 22.0 Å². The van der Waals surface area contributed by atoms with Crippen LogP contribution in [0.25, 0.3) is 0 Å². The van der Waals surface area contributed by atoms with Crippen LogP contribution in [0.2, 0.25) is 0 Å². The lowest BCUT2D eigenvalue weighted by atomic mass is 10.0. The summed E-state index contributed by atoms with van der Waals surface area (Å²) in [6.07, 6.45) is 1.93. The van der Waals surface area contributed by atoms with Gasteiger partial charge in [0.25, 0.3) is 15.0 Å². The van der Waals surface area contributed by atoms with E-state index in [0.717, 1.165) is 24.2 Å². The normalized spacial score (nSPS) is 13.5. The quantitative estimate of drug-likeness (QED) is 0.807. The van der Waals surface area contributed by atoms with Crippen molar-refractivity contribution < 1.29 is 13.2 Å². The van der Waals surface area contributed by atoms with Crippen LogP contribution in [0.1, 0.15) is 49.5 Å². The van der Waals surface area contributed by atoms with Crippen LogP contribution in [0.15, 0.2) is 9.59 Å². The maximum atomic E-state index is 12.1. The van der Waals surface area contributed by atoms with Crippen molar-refractivity contribution in [2.24, 2.45) is 5.92 Å². The molecule has 0 saturated heterocycles. The van der Waals surface area contributed by atoms with Crippen LogP contribution < -0.4 is 5.32 Å². The smallest absolute Gasteiger partial charge is 0.271 e. The molecular formula is C13H20ClNO3S2. The Kier molecular flexibility index (Phi) is 6.04. The average molecular weight is 338 g/mol. The third-order valence-corrected chi connectivity index (χ3v) is 6.32. The molecule has 0 saturated carbocycles. The third-order valence-electron chi connectivity index (χ3n) is 3.01. The van der Waals surface area contributed by atoms with Crippen molar-refractivity contribution in [2.45, 2.75) is 50.8 Å². The number of thiophene rings is 1. The minimum atomic E-state index is -3.79. The van der Waals surface area contributed by atoms with Gasteiger partial charge in [0.15, 0.2) is 0 Å². The SMILES string of the molecule is Cc1c(C(=O)NC(C)CCC(C)C)csc1S(=O)(=O)Cl. The van der Waals surface area contributed by atoms with Crippen LogP contribution in [-0.4, -0.2) is 20.4 Å². The molecular weight excluding hydrogens is 318 g/mol. The van der Waals surface area contributed by atoms with Crippen molar-refractivity contribution in [2.75, 3.05) is 0 Å². The fourth-order valence-electron chi connectivity index (χ4n) is 1.82. The van der Waals surface area contributed by atoms with E-state index in [1.54, 1.807) is 6.92 Å². The zero-order valence-corrected chi connectivity index (χ0v) is 14.5. The van der Waals surface area contributed by atoms with E-state index in [1.165, 1.54) is 5.38 Å². The van der Waals surface area contributed by atoms with Crippen molar-refractivity contribution in [1.82, 2.24) is 5.32 Å². The summed E-state index contributed by atoms with van der Waals surface area (Å²) >= 11 is 0.976. The lowest BCUT2D eigenvalue weighted by Gasteiger charge is -2.15. The number of hydrogen-bond donors (Lipinski definition) is 1. The molecule has 0 spiro atoms. The number of halogens is 1. The summed E-state index contributed by atoms with van der Waals surface area (Å²) in [6.45, 7) is 7.81. The monoisotopic (exact) mass is 337 g/mol. The van der Waals surface area contributed by atoms with Crippen molar-refractivity contribution in [3.05, 3.63) is 16.5 Å². The first kappa shape index (κ1) is 17.5. The van der Waals surface area contributed by atoms with Gasteiger partial charge in [-0.2, -0.15) is 0 Å². The lowest BCUT2D eigenvalue weighted by molar-refractivity contribution is 0.0937. The van der Waals surface area contributed by atoms with Crippen LogP contribution in [0.5, 0.6) is 0 Å². The molecule has 1 unspecified atom stereocenters. The highest BCUT2D eigenvalue weighted by atomic mass is 35.7. The first-order chi connectivity index (χ1) is 9.12. The molecule has 0 radical (unpaired) electrons.